The van der Waals surface area contributed by atoms with E-state index in [2.05, 4.69) is 10.7 Å². The van der Waals surface area contributed by atoms with Gasteiger partial charge in [0, 0.05) is 5.69 Å². The molecule has 0 fully saturated rings. The number of nitrogens with one attached hydrogen (secondary N) is 1. The first kappa shape index (κ1) is 8.68. The molecule has 3 heteroatoms. The summed E-state index contributed by atoms with van der Waals surface area (Å²) in [6, 6.07) is 7.99. The number of ketones is 1. The fourth-order valence-corrected chi connectivity index (χ4v) is 2.58. The van der Waals surface area contributed by atoms with Gasteiger partial charge in [-0.1, -0.05) is 12.1 Å². The molecule has 1 N–H and O–H groups in total. The summed E-state index contributed by atoms with van der Waals surface area (Å²) in [6.45, 7) is 0.427. The van der Waals surface area contributed by atoms with Gasteiger partial charge in [-0.15, -0.1) is 0 Å². The molecule has 0 spiro atoms. The van der Waals surface area contributed by atoms with Crippen LogP contribution in [-0.2, 0) is 0 Å². The van der Waals surface area contributed by atoms with Crippen LogP contribution in [0.3, 0.4) is 0 Å². The molecule has 2 aromatic rings. The Morgan fingerprint density at radius 3 is 3.00 bits per heavy atom. The van der Waals surface area contributed by atoms with Gasteiger partial charge >= 0.3 is 0 Å². The molecule has 0 aliphatic carbocycles. The minimum absolute atomic E-state index is 0.187. The van der Waals surface area contributed by atoms with E-state index in [1.54, 1.807) is 11.3 Å². The van der Waals surface area contributed by atoms with Gasteiger partial charge in [0.15, 0.2) is 5.78 Å². The first-order valence-electron chi connectivity index (χ1n) is 4.79. The largest absolute Gasteiger partial charge is 0.377 e. The Morgan fingerprint density at radius 1 is 1.27 bits per heavy atom. The first-order valence-corrected chi connectivity index (χ1v) is 5.73. The molecule has 0 atom stereocenters. The van der Waals surface area contributed by atoms with Crippen LogP contribution in [-0.4, -0.2) is 12.3 Å². The molecule has 0 saturated heterocycles. The third kappa shape index (κ3) is 1.27. The van der Waals surface area contributed by atoms with E-state index in [-0.39, 0.29) is 5.78 Å². The summed E-state index contributed by atoms with van der Waals surface area (Å²) in [5.41, 5.74) is 3.98. The van der Waals surface area contributed by atoms with E-state index in [0.29, 0.717) is 6.54 Å². The number of carbonyl (C=O) groups is 1. The average molecular weight is 215 g/mol. The van der Waals surface area contributed by atoms with Crippen molar-refractivity contribution in [2.75, 3.05) is 11.9 Å². The van der Waals surface area contributed by atoms with Gasteiger partial charge in [-0.25, -0.2) is 0 Å². The highest BCUT2D eigenvalue weighted by atomic mass is 32.1. The highest BCUT2D eigenvalue weighted by Crippen LogP contribution is 2.33. The van der Waals surface area contributed by atoms with Crippen LogP contribution in [0.15, 0.2) is 35.0 Å². The van der Waals surface area contributed by atoms with Gasteiger partial charge in [-0.3, -0.25) is 4.79 Å². The zero-order valence-electron chi connectivity index (χ0n) is 7.99. The van der Waals surface area contributed by atoms with Crippen LogP contribution in [0.5, 0.6) is 0 Å². The number of fused-ring (bicyclic) bond motifs is 1. The van der Waals surface area contributed by atoms with E-state index in [0.717, 1.165) is 22.4 Å². The summed E-state index contributed by atoms with van der Waals surface area (Å²) in [4.78, 5) is 11.7. The monoisotopic (exact) mass is 215 g/mol. The predicted octanol–water partition coefficient (Wildman–Crippen LogP) is 3.02. The van der Waals surface area contributed by atoms with Gasteiger partial charge in [0.25, 0.3) is 0 Å². The average Bonchev–Trinajstić information content (AvgIpc) is 2.88. The molecule has 2 nitrogen and oxygen atoms in total. The number of hydrogen-bond acceptors (Lipinski definition) is 3. The molecule has 1 aromatic carbocycles. The maximum absolute atomic E-state index is 11.7. The molecule has 2 heterocycles. The van der Waals surface area contributed by atoms with Crippen molar-refractivity contribution < 1.29 is 4.79 Å². The van der Waals surface area contributed by atoms with Crippen LogP contribution in [0.4, 0.5) is 5.69 Å². The number of benzene rings is 1. The zero-order valence-corrected chi connectivity index (χ0v) is 8.80. The van der Waals surface area contributed by atoms with Crippen molar-refractivity contribution in [1.29, 1.82) is 0 Å². The number of Topliss-reactive ketones (excluding diaryl/α,β-unsaturated/α-hetero) is 1. The van der Waals surface area contributed by atoms with Gasteiger partial charge in [0.2, 0.25) is 0 Å². The minimum Gasteiger partial charge on any atom is -0.377 e. The molecular formula is C12H9NOS. The van der Waals surface area contributed by atoms with Crippen LogP contribution in [0.1, 0.15) is 10.4 Å². The van der Waals surface area contributed by atoms with Crippen molar-refractivity contribution in [1.82, 2.24) is 0 Å². The SMILES string of the molecule is O=C1CNc2cccc(-c3ccsc3)c21. The van der Waals surface area contributed by atoms with E-state index in [9.17, 15) is 4.79 Å². The molecule has 15 heavy (non-hydrogen) atoms. The Balaban J connectivity index is 2.26. The highest BCUT2D eigenvalue weighted by molar-refractivity contribution is 7.08. The Labute approximate surface area is 91.6 Å². The van der Waals surface area contributed by atoms with Crippen LogP contribution in [0.25, 0.3) is 11.1 Å². The molecule has 1 aromatic heterocycles. The quantitative estimate of drug-likeness (QED) is 0.792. The van der Waals surface area contributed by atoms with E-state index in [1.165, 1.54) is 0 Å². The van der Waals surface area contributed by atoms with Crippen LogP contribution in [0.2, 0.25) is 0 Å². The molecule has 0 amide bonds. The first-order chi connectivity index (χ1) is 7.36. The fraction of sp³-hybridized carbons (Fsp3) is 0.0833. The van der Waals surface area contributed by atoms with Gasteiger partial charge < -0.3 is 5.32 Å². The van der Waals surface area contributed by atoms with Crippen LogP contribution >= 0.6 is 11.3 Å². The Hall–Kier alpha value is -1.61. The second-order valence-corrected chi connectivity index (χ2v) is 4.30. The van der Waals surface area contributed by atoms with Crippen molar-refractivity contribution in [3.8, 4) is 11.1 Å². The lowest BCUT2D eigenvalue weighted by molar-refractivity contribution is 0.101. The maximum Gasteiger partial charge on any atom is 0.184 e. The molecular weight excluding hydrogens is 206 g/mol. The Morgan fingerprint density at radius 2 is 2.20 bits per heavy atom. The summed E-state index contributed by atoms with van der Waals surface area (Å²) in [6.07, 6.45) is 0. The Bertz CT molecular complexity index is 516. The summed E-state index contributed by atoms with van der Waals surface area (Å²) in [7, 11) is 0. The van der Waals surface area contributed by atoms with E-state index in [1.807, 2.05) is 29.6 Å². The lowest BCUT2D eigenvalue weighted by Gasteiger charge is -2.04. The third-order valence-electron chi connectivity index (χ3n) is 2.61. The lowest BCUT2D eigenvalue weighted by Crippen LogP contribution is -2.01. The third-order valence-corrected chi connectivity index (χ3v) is 3.30. The Kier molecular flexibility index (Phi) is 1.86. The van der Waals surface area contributed by atoms with E-state index < -0.39 is 0 Å². The maximum atomic E-state index is 11.7. The molecule has 0 saturated carbocycles. The smallest absolute Gasteiger partial charge is 0.184 e. The normalized spacial score (nSPS) is 13.7. The van der Waals surface area contributed by atoms with Gasteiger partial charge in [0.1, 0.15) is 0 Å². The molecule has 0 bridgehead atoms. The van der Waals surface area contributed by atoms with Gasteiger partial charge in [-0.05, 0) is 34.0 Å². The summed E-state index contributed by atoms with van der Waals surface area (Å²) in [5.74, 6) is 0.187. The van der Waals surface area contributed by atoms with Crippen molar-refractivity contribution >= 4 is 22.8 Å². The number of carbonyl (C=O) groups excluding carboxylic acids is 1. The predicted molar refractivity (Wildman–Crippen MR) is 62.6 cm³/mol. The van der Waals surface area contributed by atoms with Crippen molar-refractivity contribution in [2.45, 2.75) is 0 Å². The lowest BCUT2D eigenvalue weighted by atomic mass is 10.00. The molecule has 1 aliphatic heterocycles. The molecule has 74 valence electrons. The molecule has 1 aliphatic rings. The highest BCUT2D eigenvalue weighted by Gasteiger charge is 2.22. The van der Waals surface area contributed by atoms with Crippen molar-refractivity contribution in [3.63, 3.8) is 0 Å². The summed E-state index contributed by atoms with van der Waals surface area (Å²) in [5, 5.41) is 7.21. The van der Waals surface area contributed by atoms with Crippen molar-refractivity contribution in [3.05, 3.63) is 40.6 Å². The topological polar surface area (TPSA) is 29.1 Å². The van der Waals surface area contributed by atoms with Gasteiger partial charge in [-0.2, -0.15) is 11.3 Å². The second kappa shape index (κ2) is 3.21. The minimum atomic E-state index is 0.187. The fourth-order valence-electron chi connectivity index (χ4n) is 1.92. The standard InChI is InChI=1S/C12H9NOS/c14-11-6-13-10-3-1-2-9(12(10)11)8-4-5-15-7-8/h1-5,7,13H,6H2. The van der Waals surface area contributed by atoms with Crippen LogP contribution in [0, 0.1) is 0 Å². The van der Waals surface area contributed by atoms with Crippen molar-refractivity contribution in [2.24, 2.45) is 0 Å². The second-order valence-electron chi connectivity index (χ2n) is 3.52. The molecule has 0 radical (unpaired) electrons. The van der Waals surface area contributed by atoms with E-state index in [4.69, 9.17) is 0 Å². The number of hydrogen-bond donors (Lipinski definition) is 1. The number of thiophene rings is 1. The zero-order chi connectivity index (χ0) is 10.3. The summed E-state index contributed by atoms with van der Waals surface area (Å²) < 4.78 is 0. The van der Waals surface area contributed by atoms with E-state index >= 15 is 0 Å². The van der Waals surface area contributed by atoms with Gasteiger partial charge in [0.05, 0.1) is 12.1 Å². The molecule has 0 unspecified atom stereocenters. The summed E-state index contributed by atoms with van der Waals surface area (Å²) >= 11 is 1.65. The number of anilines is 1. The number of rotatable bonds is 1. The molecule has 3 rings (SSSR count). The van der Waals surface area contributed by atoms with Crippen LogP contribution < -0.4 is 5.32 Å².